The van der Waals surface area contributed by atoms with Crippen LogP contribution in [0.5, 0.6) is 0 Å². The smallest absolute Gasteiger partial charge is 0.399 e. The number of aromatic amines is 2. The topological polar surface area (TPSA) is 272 Å². The highest BCUT2D eigenvalue weighted by molar-refractivity contribution is 9.10. The Morgan fingerprint density at radius 2 is 0.890 bits per heavy atom. The molecule has 82 heavy (non-hydrogen) atoms. The Morgan fingerprint density at radius 1 is 0.512 bits per heavy atom. The molecule has 0 amide bonds. The number of nitrogens with one attached hydrogen (secondary N) is 3. The van der Waals surface area contributed by atoms with E-state index in [4.69, 9.17) is 35.8 Å². The van der Waals surface area contributed by atoms with Gasteiger partial charge in [-0.05, 0) is 199 Å². The second-order valence-corrected chi connectivity index (χ2v) is 28.7. The largest absolute Gasteiger partial charge is 0.497 e. The van der Waals surface area contributed by atoms with E-state index >= 15 is 0 Å². The molecule has 19 nitrogen and oxygen atoms in total. The first kappa shape index (κ1) is 59.7. The van der Waals surface area contributed by atoms with Gasteiger partial charge in [-0.3, -0.25) is 13.3 Å². The zero-order valence-corrected chi connectivity index (χ0v) is 51.3. The van der Waals surface area contributed by atoms with Gasteiger partial charge in [0.15, 0.2) is 0 Å². The lowest BCUT2D eigenvalue weighted by Gasteiger charge is -2.32. The molecule has 2 saturated heterocycles. The van der Waals surface area contributed by atoms with Crippen LogP contribution in [0.4, 0.5) is 34.1 Å². The molecule has 5 heterocycles. The molecule has 2 fully saturated rings. The van der Waals surface area contributed by atoms with Crippen molar-refractivity contribution in [1.82, 2.24) is 14.5 Å². The number of fused-ring (bicyclic) bond motifs is 3. The van der Waals surface area contributed by atoms with Gasteiger partial charge in [0.05, 0.1) is 54.2 Å². The van der Waals surface area contributed by atoms with E-state index in [-0.39, 0.29) is 14.7 Å². The molecule has 0 radical (unpaired) electrons. The SMILES string of the molecule is CN(c1cc2cc[nH]c2cc1B1OC(C)(C)C(C)(C)O1)S(=O)(=O)c1ccc(N)cc1.CN(c1cc2ccn(C)c2cc1B1OC(C)(C)C(C)(C)O1)S(=O)(=O)c1ccc(N)cc1.Nc1ccc(S(=O)(=O)Nc2cc3cc[nH]c3cc2Br)cc1. The molecule has 2 aliphatic rings. The van der Waals surface area contributed by atoms with E-state index in [1.165, 1.54) is 52.1 Å². The molecule has 9 N–H and O–H groups in total. The molecule has 25 heteroatoms. The van der Waals surface area contributed by atoms with E-state index in [0.29, 0.717) is 49.5 Å². The maximum Gasteiger partial charge on any atom is 0.497 e. The average Bonchev–Trinajstić information content (AvgIpc) is 2.62. The molecule has 0 saturated carbocycles. The molecule has 430 valence electrons. The lowest BCUT2D eigenvalue weighted by atomic mass is 9.77. The van der Waals surface area contributed by atoms with Gasteiger partial charge in [-0.25, -0.2) is 25.3 Å². The van der Waals surface area contributed by atoms with E-state index in [9.17, 15) is 25.3 Å². The van der Waals surface area contributed by atoms with Gasteiger partial charge in [0.2, 0.25) is 0 Å². The molecule has 3 aromatic heterocycles. The summed E-state index contributed by atoms with van der Waals surface area (Å²) in [6, 6.07) is 35.3. The lowest BCUT2D eigenvalue weighted by molar-refractivity contribution is 0.00578. The average molecular weight is 1230 g/mol. The molecule has 6 aromatic carbocycles. The number of hydrogen-bond donors (Lipinski definition) is 6. The number of nitrogens with two attached hydrogens (primary N) is 3. The maximum absolute atomic E-state index is 13.4. The zero-order chi connectivity index (χ0) is 59.7. The Morgan fingerprint density at radius 3 is 1.33 bits per heavy atom. The number of sulfonamides is 3. The number of benzene rings is 6. The minimum absolute atomic E-state index is 0.160. The zero-order valence-electron chi connectivity index (χ0n) is 47.3. The molecular weight excluding hydrogens is 1170 g/mol. The van der Waals surface area contributed by atoms with Crippen LogP contribution in [0.2, 0.25) is 0 Å². The summed E-state index contributed by atoms with van der Waals surface area (Å²) < 4.78 is 111. The van der Waals surface area contributed by atoms with Crippen molar-refractivity contribution < 1.29 is 43.9 Å². The van der Waals surface area contributed by atoms with Gasteiger partial charge < -0.3 is 50.4 Å². The van der Waals surface area contributed by atoms with Crippen molar-refractivity contribution in [2.45, 2.75) is 92.5 Å². The van der Waals surface area contributed by atoms with E-state index < -0.39 is 66.7 Å². The highest BCUT2D eigenvalue weighted by atomic mass is 79.9. The Bertz CT molecular complexity index is 4180. The van der Waals surface area contributed by atoms with Crippen LogP contribution in [0.1, 0.15) is 55.4 Å². The minimum Gasteiger partial charge on any atom is -0.399 e. The number of halogens is 1. The first-order valence-electron chi connectivity index (χ1n) is 26.0. The van der Waals surface area contributed by atoms with Gasteiger partial charge >= 0.3 is 14.2 Å². The Labute approximate surface area is 488 Å². The summed E-state index contributed by atoms with van der Waals surface area (Å²) in [5, 5.41) is 2.75. The first-order chi connectivity index (χ1) is 38.2. The number of hydrogen-bond acceptors (Lipinski definition) is 13. The Hall–Kier alpha value is -6.96. The maximum atomic E-state index is 13.4. The summed E-state index contributed by atoms with van der Waals surface area (Å²) in [6.07, 6.45) is 5.56. The van der Waals surface area contributed by atoms with Crippen LogP contribution >= 0.6 is 15.9 Å². The number of rotatable bonds is 11. The van der Waals surface area contributed by atoms with E-state index in [1.54, 1.807) is 55.7 Å². The van der Waals surface area contributed by atoms with E-state index in [0.717, 1.165) is 32.7 Å². The van der Waals surface area contributed by atoms with Crippen molar-refractivity contribution in [2.24, 2.45) is 7.05 Å². The van der Waals surface area contributed by atoms with Gasteiger partial charge in [0.25, 0.3) is 30.1 Å². The summed E-state index contributed by atoms with van der Waals surface area (Å²) in [5.74, 6) is 0. The summed E-state index contributed by atoms with van der Waals surface area (Å²) in [6.45, 7) is 15.8. The van der Waals surface area contributed by atoms with Gasteiger partial charge in [-0.1, -0.05) is 0 Å². The predicted octanol–water partition coefficient (Wildman–Crippen LogP) is 9.07. The van der Waals surface area contributed by atoms with Crippen molar-refractivity contribution in [3.63, 3.8) is 0 Å². The van der Waals surface area contributed by atoms with Crippen molar-refractivity contribution in [3.05, 3.63) is 150 Å². The van der Waals surface area contributed by atoms with Gasteiger partial charge in [0.1, 0.15) is 0 Å². The number of nitrogens with zero attached hydrogens (tertiary/aromatic N) is 3. The molecule has 0 bridgehead atoms. The summed E-state index contributed by atoms with van der Waals surface area (Å²) in [4.78, 5) is 6.73. The third-order valence-corrected chi connectivity index (χ3v) is 21.2. The van der Waals surface area contributed by atoms with Crippen LogP contribution in [-0.2, 0) is 55.7 Å². The normalized spacial score (nSPS) is 16.4. The van der Waals surface area contributed by atoms with Gasteiger partial charge in [0, 0.05) is 105 Å². The highest BCUT2D eigenvalue weighted by Crippen LogP contribution is 2.40. The fraction of sp³-hybridized carbons (Fsp3) is 0.263. The monoisotopic (exact) mass is 1230 g/mol. The minimum atomic E-state index is -3.82. The molecule has 0 unspecified atom stereocenters. The van der Waals surface area contributed by atoms with Crippen LogP contribution in [0, 0.1) is 0 Å². The third kappa shape index (κ3) is 11.6. The number of aryl methyl sites for hydroxylation is 1. The predicted molar refractivity (Wildman–Crippen MR) is 333 cm³/mol. The number of nitrogen functional groups attached to an aromatic ring is 3. The van der Waals surface area contributed by atoms with E-state index in [1.807, 2.05) is 128 Å². The fourth-order valence-corrected chi connectivity index (χ4v) is 13.2. The molecule has 0 spiro atoms. The second-order valence-electron chi connectivity index (χ2n) is 22.2. The number of aromatic nitrogens is 3. The highest BCUT2D eigenvalue weighted by Gasteiger charge is 2.54. The van der Waals surface area contributed by atoms with Crippen LogP contribution in [0.3, 0.4) is 0 Å². The number of H-pyrrole nitrogens is 2. The third-order valence-electron chi connectivity index (χ3n) is 15.6. The second kappa shape index (κ2) is 21.7. The standard InChI is InChI=1S/C22H28BN3O4S.C21H26BN3O4S.C14H12BrN3O2S/c1-21(2)22(3,4)30-23(29-21)18-14-19-15(11-12-25(19)5)13-20(18)26(6)31(27,28)17-9-7-16(24)8-10-17;1-20(2)21(3,4)29-22(28-20)17-13-18-14(10-11-24-18)12-19(17)25(5)30(26,27)16-8-6-15(23)7-9-16;15-12-8-13-9(5-6-17-13)7-14(12)18-21(19,20)11-3-1-10(16)2-4-11/h7-14H,24H2,1-6H3;6-13,24H,23H2,1-5H3;1-8,17-18H,16H2. The molecule has 0 atom stereocenters. The Balaban J connectivity index is 0.000000151. The number of anilines is 6. The van der Waals surface area contributed by atoms with Crippen LogP contribution in [-0.4, -0.2) is 90.5 Å². The quantitative estimate of drug-likeness (QED) is 0.0522. The summed E-state index contributed by atoms with van der Waals surface area (Å²) >= 11 is 3.37. The summed E-state index contributed by atoms with van der Waals surface area (Å²) in [5.41, 5.74) is 21.9. The van der Waals surface area contributed by atoms with Crippen molar-refractivity contribution >= 4 is 138 Å². The van der Waals surface area contributed by atoms with Crippen molar-refractivity contribution in [2.75, 3.05) is 44.6 Å². The fourth-order valence-electron chi connectivity index (χ4n) is 9.15. The van der Waals surface area contributed by atoms with Crippen molar-refractivity contribution in [1.29, 1.82) is 0 Å². The van der Waals surface area contributed by atoms with Crippen molar-refractivity contribution in [3.8, 4) is 0 Å². The molecule has 0 aliphatic carbocycles. The van der Waals surface area contributed by atoms with Gasteiger partial charge in [-0.2, -0.15) is 0 Å². The molecule has 2 aliphatic heterocycles. The molecule has 11 rings (SSSR count). The van der Waals surface area contributed by atoms with Crippen LogP contribution in [0.25, 0.3) is 32.7 Å². The van der Waals surface area contributed by atoms with E-state index in [2.05, 4.69) is 30.6 Å². The molecule has 9 aromatic rings. The first-order valence-corrected chi connectivity index (χ1v) is 31.1. The van der Waals surface area contributed by atoms with Crippen LogP contribution < -0.4 is 41.5 Å². The Kier molecular flexibility index (Phi) is 15.8. The van der Waals surface area contributed by atoms with Gasteiger partial charge in [-0.15, -0.1) is 0 Å². The molecular formula is C57H66B2BrN9O10S3. The summed E-state index contributed by atoms with van der Waals surface area (Å²) in [7, 11) is -7.66. The lowest BCUT2D eigenvalue weighted by Crippen LogP contribution is -2.41. The van der Waals surface area contributed by atoms with Crippen LogP contribution in [0.15, 0.2) is 165 Å².